The Kier molecular flexibility index (Phi) is 5.53. The Morgan fingerprint density at radius 1 is 1.29 bits per heavy atom. The average molecular weight is 326 g/mol. The van der Waals surface area contributed by atoms with Crippen LogP contribution < -0.4 is 10.5 Å². The largest absolute Gasteiger partial charge is 0.320 e. The molecule has 0 aromatic heterocycles. The summed E-state index contributed by atoms with van der Waals surface area (Å²) in [6, 6.07) is 6.43. The van der Waals surface area contributed by atoms with E-state index in [2.05, 4.69) is 16.6 Å². The molecule has 5 nitrogen and oxygen atoms in total. The molecule has 1 aliphatic rings. The van der Waals surface area contributed by atoms with Gasteiger partial charge in [0.2, 0.25) is 10.0 Å². The lowest BCUT2D eigenvalue weighted by Gasteiger charge is -2.22. The van der Waals surface area contributed by atoms with E-state index in [-0.39, 0.29) is 17.5 Å². The van der Waals surface area contributed by atoms with Gasteiger partial charge in [-0.2, -0.15) is 0 Å². The summed E-state index contributed by atoms with van der Waals surface area (Å²) in [4.78, 5) is 0.164. The van der Waals surface area contributed by atoms with Crippen LogP contribution in [0.4, 0.5) is 0 Å². The molecule has 1 fully saturated rings. The highest BCUT2D eigenvalue weighted by molar-refractivity contribution is 7.89. The van der Waals surface area contributed by atoms with Crippen LogP contribution in [0.2, 0.25) is 0 Å². The van der Waals surface area contributed by atoms with Crippen LogP contribution in [0, 0.1) is 11.8 Å². The van der Waals surface area contributed by atoms with Crippen molar-refractivity contribution < 1.29 is 12.6 Å². The number of nitrogens with two attached hydrogens (primary N) is 1. The molecule has 3 N–H and O–H groups in total. The molecule has 21 heavy (non-hydrogen) atoms. The van der Waals surface area contributed by atoms with E-state index in [1.54, 1.807) is 18.2 Å². The molecule has 0 atom stereocenters. The molecule has 114 valence electrons. The summed E-state index contributed by atoms with van der Waals surface area (Å²) < 4.78 is 39.0. The molecule has 0 spiro atoms. The second-order valence-electron chi connectivity index (χ2n) is 4.75. The van der Waals surface area contributed by atoms with Gasteiger partial charge >= 0.3 is 0 Å². The number of benzene rings is 1. The van der Waals surface area contributed by atoms with Crippen LogP contribution >= 0.6 is 0 Å². The fourth-order valence-electron chi connectivity index (χ4n) is 2.15. The Balaban J connectivity index is 2.21. The first-order chi connectivity index (χ1) is 10.0. The molecule has 1 aliphatic heterocycles. The predicted molar refractivity (Wildman–Crippen MR) is 83.6 cm³/mol. The molecule has 0 aliphatic carbocycles. The molecule has 0 bridgehead atoms. The second kappa shape index (κ2) is 7.18. The summed E-state index contributed by atoms with van der Waals surface area (Å²) >= 11 is 0. The number of hydrogen-bond donors (Lipinski definition) is 2. The van der Waals surface area contributed by atoms with Gasteiger partial charge in [-0.25, -0.2) is 13.1 Å². The molecule has 0 amide bonds. The maximum absolute atomic E-state index is 12.5. The van der Waals surface area contributed by atoms with Crippen molar-refractivity contribution in [2.45, 2.75) is 23.8 Å². The molecule has 1 aromatic carbocycles. The minimum Gasteiger partial charge on any atom is -0.320 e. The smallest absolute Gasteiger partial charge is 0.242 e. The summed E-state index contributed by atoms with van der Waals surface area (Å²) in [5.41, 5.74) is 5.77. The monoisotopic (exact) mass is 326 g/mol. The Morgan fingerprint density at radius 3 is 2.62 bits per heavy atom. The van der Waals surface area contributed by atoms with E-state index >= 15 is 0 Å². The quantitative estimate of drug-likeness (QED) is 0.776. The van der Waals surface area contributed by atoms with Crippen molar-refractivity contribution in [1.29, 1.82) is 0 Å². The third kappa shape index (κ3) is 4.38. The van der Waals surface area contributed by atoms with E-state index in [1.165, 1.54) is 6.07 Å². The van der Waals surface area contributed by atoms with Crippen LogP contribution in [0.15, 0.2) is 29.2 Å². The van der Waals surface area contributed by atoms with E-state index in [4.69, 9.17) is 5.73 Å². The van der Waals surface area contributed by atoms with E-state index in [0.717, 1.165) is 0 Å². The Labute approximate surface area is 127 Å². The maximum atomic E-state index is 12.5. The Hall–Kier alpha value is -1.20. The van der Waals surface area contributed by atoms with Gasteiger partial charge in [-0.05, 0) is 25.0 Å². The first-order valence-corrected chi connectivity index (χ1v) is 9.65. The van der Waals surface area contributed by atoms with Gasteiger partial charge in [0.15, 0.2) is 0 Å². The lowest BCUT2D eigenvalue weighted by molar-refractivity contribution is 0.522. The van der Waals surface area contributed by atoms with Gasteiger partial charge < -0.3 is 5.73 Å². The van der Waals surface area contributed by atoms with E-state index in [0.29, 0.717) is 29.9 Å². The van der Waals surface area contributed by atoms with Gasteiger partial charge in [0.1, 0.15) is 0 Å². The molecule has 1 heterocycles. The van der Waals surface area contributed by atoms with Gasteiger partial charge in [-0.3, -0.25) is 4.21 Å². The summed E-state index contributed by atoms with van der Waals surface area (Å²) in [6.45, 7) is 0.177. The number of nitrogens with one attached hydrogen (secondary N) is 1. The van der Waals surface area contributed by atoms with Crippen molar-refractivity contribution in [3.8, 4) is 11.8 Å². The maximum Gasteiger partial charge on any atom is 0.242 e. The van der Waals surface area contributed by atoms with Crippen molar-refractivity contribution in [3.05, 3.63) is 29.8 Å². The number of hydrogen-bond acceptors (Lipinski definition) is 4. The summed E-state index contributed by atoms with van der Waals surface area (Å²) in [6.07, 6.45) is 1.20. The Morgan fingerprint density at radius 2 is 1.95 bits per heavy atom. The molecule has 1 saturated heterocycles. The van der Waals surface area contributed by atoms with Gasteiger partial charge in [0, 0.05) is 33.9 Å². The fraction of sp³-hybridized carbons (Fsp3) is 0.429. The SMILES string of the molecule is NCC#Cc1ccccc1S(=O)(=O)NC1CCS(=O)CC1. The third-order valence-corrected chi connectivity index (χ3v) is 6.17. The highest BCUT2D eigenvalue weighted by Crippen LogP contribution is 2.17. The van der Waals surface area contributed by atoms with Crippen molar-refractivity contribution in [3.63, 3.8) is 0 Å². The molecule has 1 aromatic rings. The summed E-state index contributed by atoms with van der Waals surface area (Å²) in [7, 11) is -4.44. The highest BCUT2D eigenvalue weighted by atomic mass is 32.2. The van der Waals surface area contributed by atoms with Crippen LogP contribution in [0.1, 0.15) is 18.4 Å². The van der Waals surface area contributed by atoms with E-state index in [1.807, 2.05) is 0 Å². The summed E-state index contributed by atoms with van der Waals surface area (Å²) in [5.74, 6) is 6.54. The zero-order chi connectivity index (χ0) is 15.3. The normalized spacial score (nSPS) is 22.3. The van der Waals surface area contributed by atoms with Crippen molar-refractivity contribution >= 4 is 20.8 Å². The molecule has 7 heteroatoms. The lowest BCUT2D eigenvalue weighted by Crippen LogP contribution is -2.39. The van der Waals surface area contributed by atoms with Crippen LogP contribution in [0.3, 0.4) is 0 Å². The summed E-state index contributed by atoms with van der Waals surface area (Å²) in [5, 5.41) is 0. The first kappa shape index (κ1) is 16.2. The fourth-order valence-corrected chi connectivity index (χ4v) is 4.91. The standard InChI is InChI=1S/C14H18N2O3S2/c15-9-3-5-12-4-1-2-6-14(12)21(18,19)16-13-7-10-20(17)11-8-13/h1-2,4,6,13,16H,7-11,15H2. The van der Waals surface area contributed by atoms with E-state index < -0.39 is 20.8 Å². The molecular weight excluding hydrogens is 308 g/mol. The molecular formula is C14H18N2O3S2. The topological polar surface area (TPSA) is 89.3 Å². The van der Waals surface area contributed by atoms with Gasteiger partial charge in [0.05, 0.1) is 11.4 Å². The molecule has 0 radical (unpaired) electrons. The van der Waals surface area contributed by atoms with Crippen LogP contribution in [0.5, 0.6) is 0 Å². The van der Waals surface area contributed by atoms with Crippen LogP contribution in [-0.4, -0.2) is 36.7 Å². The number of sulfonamides is 1. The Bertz CT molecular complexity index is 680. The van der Waals surface area contributed by atoms with E-state index in [9.17, 15) is 12.6 Å². The lowest BCUT2D eigenvalue weighted by atomic mass is 10.2. The predicted octanol–water partition coefficient (Wildman–Crippen LogP) is 0.186. The van der Waals surface area contributed by atoms with Gasteiger partial charge in [0.25, 0.3) is 0 Å². The molecule has 2 rings (SSSR count). The minimum absolute atomic E-state index is 0.164. The van der Waals surface area contributed by atoms with Gasteiger partial charge in [-0.1, -0.05) is 24.0 Å². The van der Waals surface area contributed by atoms with Crippen molar-refractivity contribution in [2.75, 3.05) is 18.1 Å². The number of rotatable bonds is 3. The van der Waals surface area contributed by atoms with Crippen LogP contribution in [-0.2, 0) is 20.8 Å². The molecule has 0 saturated carbocycles. The second-order valence-corrected chi connectivity index (χ2v) is 8.12. The zero-order valence-electron chi connectivity index (χ0n) is 11.5. The van der Waals surface area contributed by atoms with Crippen LogP contribution in [0.25, 0.3) is 0 Å². The first-order valence-electron chi connectivity index (χ1n) is 6.68. The average Bonchev–Trinajstić information content (AvgIpc) is 2.47. The van der Waals surface area contributed by atoms with Crippen molar-refractivity contribution in [2.24, 2.45) is 5.73 Å². The molecule has 0 unspecified atom stereocenters. The third-order valence-electron chi connectivity index (χ3n) is 3.21. The van der Waals surface area contributed by atoms with Crippen molar-refractivity contribution in [1.82, 2.24) is 4.72 Å². The van der Waals surface area contributed by atoms with Gasteiger partial charge in [-0.15, -0.1) is 0 Å². The minimum atomic E-state index is -3.63. The zero-order valence-corrected chi connectivity index (χ0v) is 13.2. The highest BCUT2D eigenvalue weighted by Gasteiger charge is 2.25.